The summed E-state index contributed by atoms with van der Waals surface area (Å²) >= 11 is 0. The van der Waals surface area contributed by atoms with Crippen LogP contribution in [-0.2, 0) is 19.1 Å². The minimum absolute atomic E-state index is 0.100. The number of nitrogens with one attached hydrogen (secondary N) is 2. The summed E-state index contributed by atoms with van der Waals surface area (Å²) in [6.07, 6.45) is 3.20. The number of carbonyl (C=O) groups excluding carboxylic acids is 3. The van der Waals surface area contributed by atoms with Gasteiger partial charge in [-0.3, -0.25) is 19.7 Å². The number of carbonyl (C=O) groups is 3. The topological polar surface area (TPSA) is 91.0 Å². The van der Waals surface area contributed by atoms with Gasteiger partial charge in [0.05, 0.1) is 11.4 Å². The molecule has 0 radical (unpaired) electrons. The maximum absolute atomic E-state index is 12.2. The van der Waals surface area contributed by atoms with Crippen LogP contribution in [0.25, 0.3) is 0 Å². The Labute approximate surface area is 178 Å². The number of piperidine rings is 2. The molecule has 0 aliphatic carbocycles. The minimum atomic E-state index is -0.552. The summed E-state index contributed by atoms with van der Waals surface area (Å²) in [6, 6.07) is -0.552. The van der Waals surface area contributed by atoms with Crippen molar-refractivity contribution in [1.82, 2.24) is 20.4 Å². The van der Waals surface area contributed by atoms with E-state index in [4.69, 9.17) is 4.74 Å². The van der Waals surface area contributed by atoms with Gasteiger partial charge in [0.15, 0.2) is 5.76 Å². The van der Waals surface area contributed by atoms with E-state index in [1.807, 2.05) is 0 Å². The van der Waals surface area contributed by atoms with E-state index in [1.165, 1.54) is 4.90 Å². The molecule has 3 amide bonds. The third-order valence-corrected chi connectivity index (χ3v) is 5.23. The van der Waals surface area contributed by atoms with Crippen LogP contribution < -0.4 is 10.6 Å². The Morgan fingerprint density at radius 2 is 1.83 bits per heavy atom. The number of hydrogen-bond acceptors (Lipinski definition) is 6. The molecule has 0 aromatic heterocycles. The van der Waals surface area contributed by atoms with Crippen molar-refractivity contribution in [3.8, 4) is 11.8 Å². The number of rotatable bonds is 7. The maximum Gasteiger partial charge on any atom is 0.249 e. The lowest BCUT2D eigenvalue weighted by Crippen LogP contribution is -2.51. The highest BCUT2D eigenvalue weighted by molar-refractivity contribution is 6.00. The van der Waals surface area contributed by atoms with Crippen molar-refractivity contribution in [1.29, 1.82) is 0 Å². The lowest BCUT2D eigenvalue weighted by molar-refractivity contribution is -0.136. The van der Waals surface area contributed by atoms with Gasteiger partial charge in [0, 0.05) is 26.1 Å². The zero-order chi connectivity index (χ0) is 22.3. The van der Waals surface area contributed by atoms with Gasteiger partial charge in [-0.25, -0.2) is 0 Å². The summed E-state index contributed by atoms with van der Waals surface area (Å²) in [5.41, 5.74) is 1.53. The predicted octanol–water partition coefficient (Wildman–Crippen LogP) is 0.885. The molecule has 0 spiro atoms. The van der Waals surface area contributed by atoms with Crippen LogP contribution in [-0.4, -0.2) is 67.4 Å². The van der Waals surface area contributed by atoms with Crippen LogP contribution in [0.5, 0.6) is 0 Å². The van der Waals surface area contributed by atoms with E-state index in [0.717, 1.165) is 25.9 Å². The highest BCUT2D eigenvalue weighted by Gasteiger charge is 2.32. The summed E-state index contributed by atoms with van der Waals surface area (Å²) < 4.78 is 5.80. The zero-order valence-corrected chi connectivity index (χ0v) is 17.9. The molecule has 2 heterocycles. The van der Waals surface area contributed by atoms with Crippen LogP contribution in [0.15, 0.2) is 35.9 Å². The Bertz CT molecular complexity index is 815. The molecule has 2 saturated heterocycles. The van der Waals surface area contributed by atoms with E-state index < -0.39 is 6.04 Å². The van der Waals surface area contributed by atoms with Crippen LogP contribution in [0, 0.1) is 11.8 Å². The lowest BCUT2D eigenvalue weighted by Gasteiger charge is -2.35. The van der Waals surface area contributed by atoms with E-state index in [9.17, 15) is 14.4 Å². The Kier molecular flexibility index (Phi) is 8.25. The van der Waals surface area contributed by atoms with Crippen molar-refractivity contribution in [3.63, 3.8) is 0 Å². The van der Waals surface area contributed by atoms with Gasteiger partial charge in [-0.2, -0.15) is 0 Å². The molecular formula is C22H30N4O4. The summed E-state index contributed by atoms with van der Waals surface area (Å²) in [5.74, 6) is 5.60. The van der Waals surface area contributed by atoms with E-state index in [0.29, 0.717) is 35.6 Å². The third kappa shape index (κ3) is 5.97. The summed E-state index contributed by atoms with van der Waals surface area (Å²) in [7, 11) is 3.30. The van der Waals surface area contributed by atoms with Gasteiger partial charge < -0.3 is 19.9 Å². The molecule has 0 aromatic carbocycles. The van der Waals surface area contributed by atoms with Gasteiger partial charge in [0.25, 0.3) is 0 Å². The number of ether oxygens (including phenoxy) is 1. The van der Waals surface area contributed by atoms with E-state index >= 15 is 0 Å². The van der Waals surface area contributed by atoms with Crippen LogP contribution in [0.4, 0.5) is 0 Å². The fourth-order valence-corrected chi connectivity index (χ4v) is 3.51. The molecule has 2 aliphatic heterocycles. The van der Waals surface area contributed by atoms with Crippen LogP contribution >= 0.6 is 0 Å². The van der Waals surface area contributed by atoms with Crippen molar-refractivity contribution in [2.24, 2.45) is 0 Å². The largest absolute Gasteiger partial charge is 0.483 e. The summed E-state index contributed by atoms with van der Waals surface area (Å²) in [4.78, 5) is 38.1. The van der Waals surface area contributed by atoms with Crippen molar-refractivity contribution in [2.75, 3.05) is 27.2 Å². The number of likely N-dealkylation sites (N-methyl/N-ethyl adjacent to an activating group) is 2. The van der Waals surface area contributed by atoms with E-state index in [-0.39, 0.29) is 24.3 Å². The Balaban J connectivity index is 2.18. The van der Waals surface area contributed by atoms with Crippen molar-refractivity contribution in [2.45, 2.75) is 44.8 Å². The van der Waals surface area contributed by atoms with Crippen LogP contribution in [0.1, 0.15) is 32.6 Å². The average Bonchev–Trinajstić information content (AvgIpc) is 2.72. The molecule has 30 heavy (non-hydrogen) atoms. The summed E-state index contributed by atoms with van der Waals surface area (Å²) in [6.45, 7) is 11.5. The fraction of sp³-hybridized carbons (Fsp3) is 0.500. The first kappa shape index (κ1) is 23.2. The summed E-state index contributed by atoms with van der Waals surface area (Å²) in [5, 5.41) is 5.61. The Morgan fingerprint density at radius 3 is 2.43 bits per heavy atom. The van der Waals surface area contributed by atoms with Crippen LogP contribution in [0.2, 0.25) is 0 Å². The molecule has 1 unspecified atom stereocenters. The second kappa shape index (κ2) is 10.6. The van der Waals surface area contributed by atoms with Gasteiger partial charge in [-0.15, -0.1) is 0 Å². The first-order valence-corrected chi connectivity index (χ1v) is 9.97. The second-order valence-electron chi connectivity index (χ2n) is 7.45. The van der Waals surface area contributed by atoms with Gasteiger partial charge in [-0.1, -0.05) is 12.5 Å². The van der Waals surface area contributed by atoms with Gasteiger partial charge in [0.2, 0.25) is 18.2 Å². The molecule has 0 saturated carbocycles. The smallest absolute Gasteiger partial charge is 0.249 e. The molecule has 0 bridgehead atoms. The normalized spacial score (nSPS) is 20.2. The van der Waals surface area contributed by atoms with Gasteiger partial charge in [-0.05, 0) is 51.8 Å². The molecule has 2 aliphatic rings. The zero-order valence-electron chi connectivity index (χ0n) is 17.9. The highest BCUT2D eigenvalue weighted by Crippen LogP contribution is 2.23. The SMILES string of the molecule is C=C(C#C/C(C)=C(/C(=C)N(C)C1CCC(=O)NC1=O)N(C)C=O)OC1CCNCC1. The number of allylic oxidation sites excluding steroid dienone is 2. The molecule has 8 nitrogen and oxygen atoms in total. The van der Waals surface area contributed by atoms with Crippen LogP contribution in [0.3, 0.4) is 0 Å². The number of imide groups is 1. The standard InChI is InChI=1S/C22H30N4O4/c1-15(6-7-16(2)30-18-10-12-23-13-11-18)21(25(4)14-27)17(3)26(5)19-8-9-20(28)24-22(19)29/h14,18-19,23H,2-3,8-13H2,1,4-5H3,(H,24,28,29)/b21-15-. The molecule has 8 heteroatoms. The average molecular weight is 415 g/mol. The fourth-order valence-electron chi connectivity index (χ4n) is 3.51. The number of nitrogens with zero attached hydrogens (tertiary/aromatic N) is 2. The number of hydrogen-bond donors (Lipinski definition) is 2. The molecule has 2 N–H and O–H groups in total. The predicted molar refractivity (Wildman–Crippen MR) is 113 cm³/mol. The first-order chi connectivity index (χ1) is 14.2. The molecule has 2 fully saturated rings. The van der Waals surface area contributed by atoms with Crippen molar-refractivity contribution >= 4 is 18.2 Å². The minimum Gasteiger partial charge on any atom is -0.483 e. The van der Waals surface area contributed by atoms with Gasteiger partial charge >= 0.3 is 0 Å². The number of amides is 3. The molecule has 0 aromatic rings. The first-order valence-electron chi connectivity index (χ1n) is 9.97. The van der Waals surface area contributed by atoms with Gasteiger partial charge in [0.1, 0.15) is 12.1 Å². The lowest BCUT2D eigenvalue weighted by atomic mass is 10.0. The van der Waals surface area contributed by atoms with E-state index in [1.54, 1.807) is 25.9 Å². The monoisotopic (exact) mass is 414 g/mol. The maximum atomic E-state index is 12.2. The van der Waals surface area contributed by atoms with E-state index in [2.05, 4.69) is 35.6 Å². The Hall–Kier alpha value is -3.05. The third-order valence-electron chi connectivity index (χ3n) is 5.23. The second-order valence-corrected chi connectivity index (χ2v) is 7.45. The molecule has 2 rings (SSSR count). The molecular weight excluding hydrogens is 384 g/mol. The van der Waals surface area contributed by atoms with Crippen molar-refractivity contribution in [3.05, 3.63) is 35.9 Å². The molecule has 162 valence electrons. The quantitative estimate of drug-likeness (QED) is 0.211. The Morgan fingerprint density at radius 1 is 1.17 bits per heavy atom. The van der Waals surface area contributed by atoms with Crippen molar-refractivity contribution < 1.29 is 19.1 Å². The molecule has 1 atom stereocenters. The highest BCUT2D eigenvalue weighted by atomic mass is 16.5.